The minimum atomic E-state index is -0.306. The second-order valence-corrected chi connectivity index (χ2v) is 7.91. The zero-order chi connectivity index (χ0) is 24.1. The third-order valence-electron chi connectivity index (χ3n) is 5.41. The number of rotatable bonds is 14. The molecule has 0 aliphatic carbocycles. The molecule has 33 heavy (non-hydrogen) atoms. The minimum Gasteiger partial charge on any atom is -0.497 e. The molecule has 8 heteroatoms. The molecule has 0 unspecified atom stereocenters. The Bertz CT molecular complexity index is 850. The summed E-state index contributed by atoms with van der Waals surface area (Å²) in [6, 6.07) is 10.8. The predicted molar refractivity (Wildman–Crippen MR) is 130 cm³/mol. The van der Waals surface area contributed by atoms with E-state index in [2.05, 4.69) is 12.2 Å². The lowest BCUT2D eigenvalue weighted by Gasteiger charge is -2.28. The number of hydrogen-bond donors (Lipinski definition) is 1. The number of unbranched alkanes of at least 4 members (excludes halogenated alkanes) is 1. The van der Waals surface area contributed by atoms with Crippen LogP contribution in [0.3, 0.4) is 0 Å². The summed E-state index contributed by atoms with van der Waals surface area (Å²) in [5.74, 6) is 0.648. The summed E-state index contributed by atoms with van der Waals surface area (Å²) >= 11 is 0. The average molecular weight is 459 g/mol. The summed E-state index contributed by atoms with van der Waals surface area (Å²) in [6.45, 7) is 6.84. The van der Waals surface area contributed by atoms with Crippen LogP contribution in [0.1, 0.15) is 38.8 Å². The van der Waals surface area contributed by atoms with Crippen LogP contribution in [0, 0.1) is 0 Å². The molecule has 0 saturated heterocycles. The Balaban J connectivity index is 2.09. The van der Waals surface area contributed by atoms with E-state index in [1.807, 2.05) is 41.8 Å². The molecule has 8 nitrogen and oxygen atoms in total. The fourth-order valence-corrected chi connectivity index (χ4v) is 3.39. The normalized spacial score (nSPS) is 10.7. The molecule has 0 atom stereocenters. The van der Waals surface area contributed by atoms with E-state index in [0.717, 1.165) is 18.5 Å². The Morgan fingerprint density at radius 3 is 2.36 bits per heavy atom. The number of urea groups is 1. The van der Waals surface area contributed by atoms with Crippen molar-refractivity contribution in [2.75, 3.05) is 45.3 Å². The largest absolute Gasteiger partial charge is 0.497 e. The molecule has 1 N–H and O–H groups in total. The van der Waals surface area contributed by atoms with Crippen molar-refractivity contribution >= 4 is 17.6 Å². The van der Waals surface area contributed by atoms with Gasteiger partial charge in [0.2, 0.25) is 5.91 Å². The zero-order valence-corrected chi connectivity index (χ0v) is 20.4. The van der Waals surface area contributed by atoms with E-state index >= 15 is 0 Å². The maximum atomic E-state index is 13.3. The van der Waals surface area contributed by atoms with Gasteiger partial charge in [0.05, 0.1) is 13.7 Å². The summed E-state index contributed by atoms with van der Waals surface area (Å²) in [5, 5.41) is 2.89. The number of anilines is 1. The first-order valence-electron chi connectivity index (χ1n) is 11.6. The van der Waals surface area contributed by atoms with Gasteiger partial charge in [-0.25, -0.2) is 4.79 Å². The molecular weight excluding hydrogens is 420 g/mol. The van der Waals surface area contributed by atoms with Crippen LogP contribution < -0.4 is 10.1 Å². The molecular formula is C25H38N4O4. The Morgan fingerprint density at radius 2 is 1.76 bits per heavy atom. The fraction of sp³-hybridized carbons (Fsp3) is 0.520. The molecule has 1 heterocycles. The van der Waals surface area contributed by atoms with Crippen molar-refractivity contribution in [3.63, 3.8) is 0 Å². The van der Waals surface area contributed by atoms with Crippen molar-refractivity contribution < 1.29 is 19.1 Å². The molecule has 2 rings (SSSR count). The number of benzene rings is 1. The molecule has 0 aliphatic rings. The second-order valence-electron chi connectivity index (χ2n) is 7.91. The van der Waals surface area contributed by atoms with Crippen molar-refractivity contribution in [3.05, 3.63) is 48.3 Å². The average Bonchev–Trinajstić information content (AvgIpc) is 3.23. The topological polar surface area (TPSA) is 76.0 Å². The fourth-order valence-electron chi connectivity index (χ4n) is 3.39. The highest BCUT2D eigenvalue weighted by Gasteiger charge is 2.22. The van der Waals surface area contributed by atoms with Crippen LogP contribution in [0.25, 0.3) is 0 Å². The van der Waals surface area contributed by atoms with E-state index in [9.17, 15) is 9.59 Å². The molecule has 1 aromatic carbocycles. The smallest absolute Gasteiger partial charge is 0.322 e. The van der Waals surface area contributed by atoms with E-state index in [0.29, 0.717) is 50.7 Å². The van der Waals surface area contributed by atoms with Crippen molar-refractivity contribution in [3.8, 4) is 5.75 Å². The predicted octanol–water partition coefficient (Wildman–Crippen LogP) is 4.12. The standard InChI is InChI=1S/C25H38N4O4/c1-5-7-16-28(19-22-10-8-15-27(22)3)24(30)20-29(17-9-18-33-6-2)25(31)26-21-11-13-23(32-4)14-12-21/h8,10-15H,5-7,9,16-20H2,1-4H3,(H,26,31). The lowest BCUT2D eigenvalue weighted by atomic mass is 10.2. The third kappa shape index (κ3) is 8.81. The Hall–Kier alpha value is -3.00. The number of aromatic nitrogens is 1. The van der Waals surface area contributed by atoms with Gasteiger partial charge in [-0.05, 0) is 56.2 Å². The number of nitrogens with zero attached hydrogens (tertiary/aromatic N) is 3. The maximum absolute atomic E-state index is 13.3. The summed E-state index contributed by atoms with van der Waals surface area (Å²) in [7, 11) is 3.57. The van der Waals surface area contributed by atoms with Gasteiger partial charge >= 0.3 is 6.03 Å². The molecule has 0 spiro atoms. The summed E-state index contributed by atoms with van der Waals surface area (Å²) in [4.78, 5) is 29.7. The number of amides is 3. The van der Waals surface area contributed by atoms with Crippen molar-refractivity contribution in [1.82, 2.24) is 14.4 Å². The molecule has 0 radical (unpaired) electrons. The van der Waals surface area contributed by atoms with E-state index < -0.39 is 0 Å². The highest BCUT2D eigenvalue weighted by atomic mass is 16.5. The van der Waals surface area contributed by atoms with Crippen molar-refractivity contribution in [2.24, 2.45) is 7.05 Å². The van der Waals surface area contributed by atoms with Crippen LogP contribution in [-0.4, -0.2) is 66.3 Å². The minimum absolute atomic E-state index is 0.0161. The second kappa shape index (κ2) is 14.2. The highest BCUT2D eigenvalue weighted by Crippen LogP contribution is 2.16. The molecule has 0 aliphatic heterocycles. The number of carbonyl (C=O) groups is 2. The summed E-state index contributed by atoms with van der Waals surface area (Å²) in [6.07, 6.45) is 4.54. The van der Waals surface area contributed by atoms with Crippen LogP contribution in [0.15, 0.2) is 42.6 Å². The molecule has 0 saturated carbocycles. The van der Waals surface area contributed by atoms with Gasteiger partial charge in [-0.3, -0.25) is 4.79 Å². The molecule has 0 fully saturated rings. The first-order chi connectivity index (χ1) is 16.0. The van der Waals surface area contributed by atoms with Gasteiger partial charge in [0.25, 0.3) is 0 Å². The van der Waals surface area contributed by atoms with E-state index in [1.165, 1.54) is 0 Å². The first kappa shape index (κ1) is 26.3. The Morgan fingerprint density at radius 1 is 1.03 bits per heavy atom. The van der Waals surface area contributed by atoms with Crippen LogP contribution in [-0.2, 0) is 23.1 Å². The zero-order valence-electron chi connectivity index (χ0n) is 20.4. The molecule has 0 bridgehead atoms. The number of ether oxygens (including phenoxy) is 2. The van der Waals surface area contributed by atoms with Gasteiger partial charge < -0.3 is 29.2 Å². The van der Waals surface area contributed by atoms with Gasteiger partial charge in [-0.2, -0.15) is 0 Å². The molecule has 182 valence electrons. The highest BCUT2D eigenvalue weighted by molar-refractivity contribution is 5.92. The first-order valence-corrected chi connectivity index (χ1v) is 11.6. The van der Waals surface area contributed by atoms with Crippen molar-refractivity contribution in [1.29, 1.82) is 0 Å². The van der Waals surface area contributed by atoms with Gasteiger partial charge in [-0.1, -0.05) is 13.3 Å². The van der Waals surface area contributed by atoms with Crippen LogP contribution >= 0.6 is 0 Å². The number of aryl methyl sites for hydroxylation is 1. The molecule has 3 amide bonds. The molecule has 2 aromatic rings. The van der Waals surface area contributed by atoms with Crippen LogP contribution in [0.2, 0.25) is 0 Å². The van der Waals surface area contributed by atoms with Crippen LogP contribution in [0.4, 0.5) is 10.5 Å². The Labute approximate surface area is 197 Å². The van der Waals surface area contributed by atoms with Crippen LogP contribution in [0.5, 0.6) is 5.75 Å². The number of methoxy groups -OCH3 is 1. The van der Waals surface area contributed by atoms with Gasteiger partial charge in [-0.15, -0.1) is 0 Å². The number of nitrogens with one attached hydrogen (secondary N) is 1. The molecule has 1 aromatic heterocycles. The number of carbonyl (C=O) groups excluding carboxylic acids is 2. The monoisotopic (exact) mass is 458 g/mol. The van der Waals surface area contributed by atoms with Gasteiger partial charge in [0.1, 0.15) is 12.3 Å². The SMILES string of the molecule is CCCCN(Cc1cccn1C)C(=O)CN(CCCOCC)C(=O)Nc1ccc(OC)cc1. The van der Waals surface area contributed by atoms with Crippen molar-refractivity contribution in [2.45, 2.75) is 39.7 Å². The lowest BCUT2D eigenvalue weighted by Crippen LogP contribution is -2.45. The van der Waals surface area contributed by atoms with E-state index in [-0.39, 0.29) is 18.5 Å². The summed E-state index contributed by atoms with van der Waals surface area (Å²) < 4.78 is 12.6. The summed E-state index contributed by atoms with van der Waals surface area (Å²) in [5.41, 5.74) is 1.71. The van der Waals surface area contributed by atoms with Gasteiger partial charge in [0, 0.05) is 50.9 Å². The maximum Gasteiger partial charge on any atom is 0.322 e. The lowest BCUT2D eigenvalue weighted by molar-refractivity contribution is -0.132. The Kier molecular flexibility index (Phi) is 11.3. The van der Waals surface area contributed by atoms with E-state index in [1.54, 1.807) is 36.3 Å². The quantitative estimate of drug-likeness (QED) is 0.432. The number of hydrogen-bond acceptors (Lipinski definition) is 4. The third-order valence-corrected chi connectivity index (χ3v) is 5.41. The van der Waals surface area contributed by atoms with Gasteiger partial charge in [0.15, 0.2) is 0 Å². The van der Waals surface area contributed by atoms with E-state index in [4.69, 9.17) is 9.47 Å².